The Kier molecular flexibility index (Phi) is 3.38. The minimum Gasteiger partial charge on any atom is -0.298 e. The van der Waals surface area contributed by atoms with Crippen molar-refractivity contribution in [2.75, 3.05) is 5.75 Å². The summed E-state index contributed by atoms with van der Waals surface area (Å²) in [5.74, 6) is 1.52. The van der Waals surface area contributed by atoms with Crippen LogP contribution in [0.15, 0.2) is 24.3 Å². The van der Waals surface area contributed by atoms with Crippen molar-refractivity contribution in [1.82, 2.24) is 0 Å². The Hall–Kier alpha value is -0.760. The molecule has 0 amide bonds. The molecular formula is C14H18OS. The molecule has 1 saturated heterocycles. The maximum absolute atomic E-state index is 12.2. The monoisotopic (exact) mass is 234 g/mol. The summed E-state index contributed by atoms with van der Waals surface area (Å²) in [6, 6.07) is 8.28. The van der Waals surface area contributed by atoms with E-state index in [1.807, 2.05) is 11.8 Å². The van der Waals surface area contributed by atoms with Gasteiger partial charge in [-0.25, -0.2) is 0 Å². The summed E-state index contributed by atoms with van der Waals surface area (Å²) in [4.78, 5) is 12.2. The molecule has 0 radical (unpaired) electrons. The van der Waals surface area contributed by atoms with Gasteiger partial charge in [0.2, 0.25) is 0 Å². The number of benzene rings is 1. The average molecular weight is 234 g/mol. The van der Waals surface area contributed by atoms with E-state index in [-0.39, 0.29) is 4.75 Å². The summed E-state index contributed by atoms with van der Waals surface area (Å²) in [6.45, 7) is 4.17. The molecule has 1 aliphatic rings. The van der Waals surface area contributed by atoms with Gasteiger partial charge >= 0.3 is 0 Å². The number of carbonyl (C=O) groups is 1. The van der Waals surface area contributed by atoms with Crippen LogP contribution in [0.25, 0.3) is 0 Å². The third-order valence-electron chi connectivity index (χ3n) is 3.29. The third kappa shape index (κ3) is 2.49. The Morgan fingerprint density at radius 2 is 2.06 bits per heavy atom. The van der Waals surface area contributed by atoms with Gasteiger partial charge in [-0.1, -0.05) is 29.8 Å². The van der Waals surface area contributed by atoms with Crippen LogP contribution in [0, 0.1) is 6.92 Å². The van der Waals surface area contributed by atoms with Crippen LogP contribution in [0.5, 0.6) is 0 Å². The minimum atomic E-state index is -0.120. The lowest BCUT2D eigenvalue weighted by Crippen LogP contribution is -2.30. The van der Waals surface area contributed by atoms with Crippen molar-refractivity contribution in [2.24, 2.45) is 0 Å². The highest BCUT2D eigenvalue weighted by molar-refractivity contribution is 8.01. The van der Waals surface area contributed by atoms with Gasteiger partial charge < -0.3 is 0 Å². The Morgan fingerprint density at radius 3 is 2.62 bits per heavy atom. The molecule has 1 aromatic carbocycles. The molecule has 2 heteroatoms. The van der Waals surface area contributed by atoms with Crippen LogP contribution in [0.2, 0.25) is 0 Å². The first-order valence-electron chi connectivity index (χ1n) is 5.83. The first-order valence-corrected chi connectivity index (χ1v) is 6.81. The van der Waals surface area contributed by atoms with Crippen molar-refractivity contribution in [3.63, 3.8) is 0 Å². The van der Waals surface area contributed by atoms with Crippen molar-refractivity contribution in [1.29, 1.82) is 0 Å². The van der Waals surface area contributed by atoms with Crippen molar-refractivity contribution in [3.8, 4) is 0 Å². The number of hydrogen-bond acceptors (Lipinski definition) is 2. The summed E-state index contributed by atoms with van der Waals surface area (Å²) in [5.41, 5.74) is 2.39. The summed E-state index contributed by atoms with van der Waals surface area (Å²) in [7, 11) is 0. The highest BCUT2D eigenvalue weighted by Gasteiger charge is 2.36. The molecule has 1 aliphatic heterocycles. The van der Waals surface area contributed by atoms with Crippen LogP contribution in [-0.2, 0) is 11.2 Å². The number of Topliss-reactive ketones (excluding diaryl/α,β-unsaturated/α-hetero) is 1. The zero-order chi connectivity index (χ0) is 11.6. The zero-order valence-corrected chi connectivity index (χ0v) is 10.8. The maximum atomic E-state index is 12.2. The minimum absolute atomic E-state index is 0.120. The standard InChI is InChI=1S/C14H18OS/c1-11-4-6-12(7-5-11)10-13(15)14(2)8-3-9-16-14/h4-7H,3,8-10H2,1-2H3. The first kappa shape index (κ1) is 11.7. The fraction of sp³-hybridized carbons (Fsp3) is 0.500. The van der Waals surface area contributed by atoms with E-state index >= 15 is 0 Å². The molecule has 0 saturated carbocycles. The second kappa shape index (κ2) is 4.62. The van der Waals surface area contributed by atoms with Gasteiger partial charge in [-0.3, -0.25) is 4.79 Å². The normalized spacial score (nSPS) is 24.6. The summed E-state index contributed by atoms with van der Waals surface area (Å²) >= 11 is 1.83. The smallest absolute Gasteiger partial charge is 0.152 e. The molecule has 2 rings (SSSR count). The Morgan fingerprint density at radius 1 is 1.38 bits per heavy atom. The average Bonchev–Trinajstić information content (AvgIpc) is 2.70. The molecule has 0 aromatic heterocycles. The van der Waals surface area contributed by atoms with Crippen molar-refractivity contribution in [3.05, 3.63) is 35.4 Å². The van der Waals surface area contributed by atoms with E-state index in [1.54, 1.807) is 0 Å². The SMILES string of the molecule is Cc1ccc(CC(=O)C2(C)CCCS2)cc1. The largest absolute Gasteiger partial charge is 0.298 e. The molecule has 16 heavy (non-hydrogen) atoms. The number of thioether (sulfide) groups is 1. The molecular weight excluding hydrogens is 216 g/mol. The van der Waals surface area contributed by atoms with Crippen molar-refractivity contribution < 1.29 is 4.79 Å². The van der Waals surface area contributed by atoms with Gasteiger partial charge in [0.05, 0.1) is 4.75 Å². The first-order chi connectivity index (χ1) is 7.60. The van der Waals surface area contributed by atoms with Crippen molar-refractivity contribution >= 4 is 17.5 Å². The maximum Gasteiger partial charge on any atom is 0.152 e. The van der Waals surface area contributed by atoms with Gasteiger partial charge in [-0.2, -0.15) is 0 Å². The lowest BCUT2D eigenvalue weighted by molar-refractivity contribution is -0.120. The predicted molar refractivity (Wildman–Crippen MR) is 70.0 cm³/mol. The number of hydrogen-bond donors (Lipinski definition) is 0. The molecule has 0 spiro atoms. The van der Waals surface area contributed by atoms with E-state index in [2.05, 4.69) is 38.1 Å². The van der Waals surface area contributed by atoms with Crippen molar-refractivity contribution in [2.45, 2.75) is 37.9 Å². The van der Waals surface area contributed by atoms with Crippen LogP contribution < -0.4 is 0 Å². The predicted octanol–water partition coefficient (Wildman–Crippen LogP) is 3.39. The van der Waals surface area contributed by atoms with Gasteiger partial charge in [0.25, 0.3) is 0 Å². The topological polar surface area (TPSA) is 17.1 Å². The molecule has 0 bridgehead atoms. The van der Waals surface area contributed by atoms with E-state index in [0.29, 0.717) is 12.2 Å². The number of rotatable bonds is 3. The number of carbonyl (C=O) groups excluding carboxylic acids is 1. The van der Waals surface area contributed by atoms with Gasteiger partial charge in [0.1, 0.15) is 0 Å². The Labute approximate surface area is 102 Å². The third-order valence-corrected chi connectivity index (χ3v) is 4.86. The van der Waals surface area contributed by atoms with Crippen LogP contribution in [-0.4, -0.2) is 16.3 Å². The second-order valence-electron chi connectivity index (χ2n) is 4.77. The molecule has 1 unspecified atom stereocenters. The zero-order valence-electron chi connectivity index (χ0n) is 9.95. The molecule has 1 fully saturated rings. The van der Waals surface area contributed by atoms with Gasteiger partial charge in [-0.05, 0) is 38.0 Å². The lowest BCUT2D eigenvalue weighted by Gasteiger charge is -2.20. The Bertz CT molecular complexity index is 374. The number of ketones is 1. The highest BCUT2D eigenvalue weighted by Crippen LogP contribution is 2.39. The Balaban J connectivity index is 2.04. The van der Waals surface area contributed by atoms with E-state index in [0.717, 1.165) is 17.7 Å². The molecule has 0 N–H and O–H groups in total. The second-order valence-corrected chi connectivity index (χ2v) is 6.37. The van der Waals surface area contributed by atoms with Gasteiger partial charge in [0.15, 0.2) is 5.78 Å². The molecule has 1 atom stereocenters. The summed E-state index contributed by atoms with van der Waals surface area (Å²) in [5, 5.41) is 0. The summed E-state index contributed by atoms with van der Waals surface area (Å²) in [6.07, 6.45) is 2.81. The van der Waals surface area contributed by atoms with E-state index < -0.39 is 0 Å². The van der Waals surface area contributed by atoms with E-state index in [4.69, 9.17) is 0 Å². The van der Waals surface area contributed by atoms with Gasteiger partial charge in [-0.15, -0.1) is 11.8 Å². The molecule has 1 nitrogen and oxygen atoms in total. The molecule has 1 heterocycles. The fourth-order valence-corrected chi connectivity index (χ4v) is 3.34. The van der Waals surface area contributed by atoms with Crippen LogP contribution >= 0.6 is 11.8 Å². The van der Waals surface area contributed by atoms with Crippen LogP contribution in [0.1, 0.15) is 30.9 Å². The van der Waals surface area contributed by atoms with Gasteiger partial charge in [0, 0.05) is 6.42 Å². The lowest BCUT2D eigenvalue weighted by atomic mass is 9.95. The highest BCUT2D eigenvalue weighted by atomic mass is 32.2. The molecule has 1 aromatic rings. The van der Waals surface area contributed by atoms with Crippen LogP contribution in [0.3, 0.4) is 0 Å². The molecule has 0 aliphatic carbocycles. The summed E-state index contributed by atoms with van der Waals surface area (Å²) < 4.78 is -0.120. The van der Waals surface area contributed by atoms with E-state index in [1.165, 1.54) is 12.0 Å². The fourth-order valence-electron chi connectivity index (χ4n) is 2.08. The van der Waals surface area contributed by atoms with Crippen LogP contribution in [0.4, 0.5) is 0 Å². The quantitative estimate of drug-likeness (QED) is 0.797. The van der Waals surface area contributed by atoms with E-state index in [9.17, 15) is 4.79 Å². The number of aryl methyl sites for hydroxylation is 1. The molecule has 86 valence electrons.